The molecule has 1 fully saturated rings. The Kier molecular flexibility index (Phi) is 7.17. The van der Waals surface area contributed by atoms with Crippen molar-refractivity contribution < 1.29 is 13.9 Å². The average molecular weight is 474 g/mol. The van der Waals surface area contributed by atoms with E-state index >= 15 is 0 Å². The first-order valence-corrected chi connectivity index (χ1v) is 11.0. The molecule has 1 saturated heterocycles. The Labute approximate surface area is 195 Å². The van der Waals surface area contributed by atoms with Gasteiger partial charge in [0.25, 0.3) is 5.91 Å². The summed E-state index contributed by atoms with van der Waals surface area (Å²) in [6.45, 7) is 3.41. The van der Waals surface area contributed by atoms with E-state index in [0.717, 1.165) is 18.4 Å². The summed E-state index contributed by atoms with van der Waals surface area (Å²) in [7, 11) is 0. The molecule has 0 spiro atoms. The van der Waals surface area contributed by atoms with Gasteiger partial charge in [-0.15, -0.1) is 0 Å². The minimum absolute atomic E-state index is 0.0944. The lowest BCUT2D eigenvalue weighted by Gasteiger charge is -2.23. The zero-order chi connectivity index (χ0) is 23.4. The van der Waals surface area contributed by atoms with E-state index in [9.17, 15) is 9.18 Å². The maximum absolute atomic E-state index is 13.5. The molecule has 3 aromatic rings. The lowest BCUT2D eigenvalue weighted by molar-refractivity contribution is 0.0903. The molecule has 0 aliphatic carbocycles. The SMILES string of the molecule is Cc1cnc(NC2CCOCC2)nc1-n1cnc(C(=O)NC[C@@H](N)c2cc(F)cc(Cl)c2)c1. The number of carbonyl (C=O) groups excluding carboxylic acids is 1. The van der Waals surface area contributed by atoms with Crippen molar-refractivity contribution in [3.8, 4) is 5.82 Å². The smallest absolute Gasteiger partial charge is 0.271 e. The van der Waals surface area contributed by atoms with Crippen LogP contribution in [0.2, 0.25) is 5.02 Å². The van der Waals surface area contributed by atoms with E-state index in [0.29, 0.717) is 30.5 Å². The first-order valence-electron chi connectivity index (χ1n) is 10.6. The summed E-state index contributed by atoms with van der Waals surface area (Å²) >= 11 is 5.88. The molecule has 0 unspecified atom stereocenters. The Bertz CT molecular complexity index is 1110. The molecule has 4 rings (SSSR count). The fourth-order valence-electron chi connectivity index (χ4n) is 3.54. The van der Waals surface area contributed by atoms with Crippen LogP contribution in [0.1, 0.15) is 40.5 Å². The number of aromatic nitrogens is 4. The molecular formula is C22H25ClFN7O2. The van der Waals surface area contributed by atoms with Gasteiger partial charge in [-0.1, -0.05) is 11.6 Å². The van der Waals surface area contributed by atoms with Crippen molar-refractivity contribution in [1.82, 2.24) is 24.8 Å². The van der Waals surface area contributed by atoms with Gasteiger partial charge < -0.3 is 21.1 Å². The number of amides is 1. The second kappa shape index (κ2) is 10.2. The van der Waals surface area contributed by atoms with Gasteiger partial charge in [0.2, 0.25) is 5.95 Å². The minimum Gasteiger partial charge on any atom is -0.381 e. The molecule has 4 N–H and O–H groups in total. The summed E-state index contributed by atoms with van der Waals surface area (Å²) in [6.07, 6.45) is 6.63. The zero-order valence-corrected chi connectivity index (χ0v) is 18.8. The molecule has 33 heavy (non-hydrogen) atoms. The fourth-order valence-corrected chi connectivity index (χ4v) is 3.77. The van der Waals surface area contributed by atoms with Crippen molar-refractivity contribution in [3.63, 3.8) is 0 Å². The molecular weight excluding hydrogens is 449 g/mol. The van der Waals surface area contributed by atoms with E-state index in [1.54, 1.807) is 23.0 Å². The van der Waals surface area contributed by atoms with Crippen LogP contribution in [0, 0.1) is 12.7 Å². The van der Waals surface area contributed by atoms with E-state index in [4.69, 9.17) is 22.1 Å². The van der Waals surface area contributed by atoms with Crippen LogP contribution in [-0.2, 0) is 4.74 Å². The van der Waals surface area contributed by atoms with Gasteiger partial charge in [-0.25, -0.2) is 14.4 Å². The van der Waals surface area contributed by atoms with Gasteiger partial charge in [-0.2, -0.15) is 4.98 Å². The van der Waals surface area contributed by atoms with E-state index in [1.807, 2.05) is 6.92 Å². The number of nitrogens with two attached hydrogens (primary N) is 1. The second-order valence-corrected chi connectivity index (χ2v) is 8.35. The Hall–Kier alpha value is -3.08. The number of ether oxygens (including phenoxy) is 1. The van der Waals surface area contributed by atoms with E-state index < -0.39 is 17.8 Å². The van der Waals surface area contributed by atoms with Gasteiger partial charge in [0, 0.05) is 54.8 Å². The van der Waals surface area contributed by atoms with E-state index in [1.165, 1.54) is 18.5 Å². The number of halogens is 2. The highest BCUT2D eigenvalue weighted by atomic mass is 35.5. The Morgan fingerprint density at radius 2 is 2.12 bits per heavy atom. The number of nitrogens with zero attached hydrogens (tertiary/aromatic N) is 4. The molecule has 0 saturated carbocycles. The van der Waals surface area contributed by atoms with Crippen LogP contribution in [0.4, 0.5) is 10.3 Å². The first-order chi connectivity index (χ1) is 15.9. The highest BCUT2D eigenvalue weighted by Crippen LogP contribution is 2.19. The Morgan fingerprint density at radius 3 is 2.88 bits per heavy atom. The summed E-state index contributed by atoms with van der Waals surface area (Å²) in [5.74, 6) is 0.252. The molecule has 2 aromatic heterocycles. The number of aryl methyl sites for hydroxylation is 1. The third-order valence-electron chi connectivity index (χ3n) is 5.35. The third-order valence-corrected chi connectivity index (χ3v) is 5.57. The number of benzene rings is 1. The van der Waals surface area contributed by atoms with Crippen molar-refractivity contribution in [2.24, 2.45) is 5.73 Å². The van der Waals surface area contributed by atoms with Gasteiger partial charge in [0.15, 0.2) is 0 Å². The molecule has 1 amide bonds. The average Bonchev–Trinajstić information content (AvgIpc) is 3.29. The van der Waals surface area contributed by atoms with Crippen LogP contribution in [0.15, 0.2) is 36.9 Å². The number of hydrogen-bond donors (Lipinski definition) is 3. The monoisotopic (exact) mass is 473 g/mol. The molecule has 0 radical (unpaired) electrons. The number of rotatable bonds is 7. The summed E-state index contributed by atoms with van der Waals surface area (Å²) in [5, 5.41) is 6.30. The maximum atomic E-state index is 13.5. The number of nitrogens with one attached hydrogen (secondary N) is 2. The predicted octanol–water partition coefficient (Wildman–Crippen LogP) is 2.78. The van der Waals surface area contributed by atoms with Gasteiger partial charge in [0.05, 0.1) is 0 Å². The van der Waals surface area contributed by atoms with Gasteiger partial charge >= 0.3 is 0 Å². The van der Waals surface area contributed by atoms with Gasteiger partial charge in [-0.05, 0) is 43.5 Å². The molecule has 3 heterocycles. The summed E-state index contributed by atoms with van der Waals surface area (Å²) in [6, 6.07) is 3.70. The maximum Gasteiger partial charge on any atom is 0.271 e. The van der Waals surface area contributed by atoms with Crippen LogP contribution in [-0.4, -0.2) is 51.2 Å². The molecule has 1 aliphatic heterocycles. The molecule has 0 bridgehead atoms. The molecule has 1 atom stereocenters. The number of imidazole rings is 1. The normalized spacial score (nSPS) is 15.3. The topological polar surface area (TPSA) is 120 Å². The molecule has 1 aliphatic rings. The summed E-state index contributed by atoms with van der Waals surface area (Å²) < 4.78 is 20.6. The second-order valence-electron chi connectivity index (χ2n) is 7.92. The number of anilines is 1. The van der Waals surface area contributed by atoms with Crippen LogP contribution < -0.4 is 16.4 Å². The predicted molar refractivity (Wildman–Crippen MR) is 122 cm³/mol. The summed E-state index contributed by atoms with van der Waals surface area (Å²) in [4.78, 5) is 25.7. The van der Waals surface area contributed by atoms with E-state index in [-0.39, 0.29) is 23.3 Å². The standard InChI is InChI=1S/C22H25ClFN7O2/c1-13-9-27-22(29-17-2-4-33-5-3-17)30-20(13)31-11-19(28-12-31)21(32)26-10-18(25)14-6-15(23)8-16(24)7-14/h6-9,11-12,17-18H,2-5,10,25H2,1H3,(H,26,32)(H,27,29,30)/t18-/m1/s1. The van der Waals surface area contributed by atoms with Crippen LogP contribution in [0.3, 0.4) is 0 Å². The van der Waals surface area contributed by atoms with Crippen molar-refractivity contribution in [1.29, 1.82) is 0 Å². The van der Waals surface area contributed by atoms with Crippen molar-refractivity contribution in [2.45, 2.75) is 31.8 Å². The quantitative estimate of drug-likeness (QED) is 0.482. The molecule has 11 heteroatoms. The molecule has 1 aromatic carbocycles. The highest BCUT2D eigenvalue weighted by molar-refractivity contribution is 6.30. The molecule has 9 nitrogen and oxygen atoms in total. The van der Waals surface area contributed by atoms with E-state index in [2.05, 4.69) is 25.6 Å². The van der Waals surface area contributed by atoms with Crippen molar-refractivity contribution in [2.75, 3.05) is 25.1 Å². The largest absolute Gasteiger partial charge is 0.381 e. The lowest BCUT2D eigenvalue weighted by atomic mass is 10.1. The summed E-state index contributed by atoms with van der Waals surface area (Å²) in [5.41, 5.74) is 7.60. The third kappa shape index (κ3) is 5.84. The highest BCUT2D eigenvalue weighted by Gasteiger charge is 2.17. The Balaban J connectivity index is 1.41. The van der Waals surface area contributed by atoms with Crippen LogP contribution >= 0.6 is 11.6 Å². The lowest BCUT2D eigenvalue weighted by Crippen LogP contribution is -2.32. The van der Waals surface area contributed by atoms with Gasteiger partial charge in [0.1, 0.15) is 23.7 Å². The Morgan fingerprint density at radius 1 is 1.33 bits per heavy atom. The number of hydrogen-bond acceptors (Lipinski definition) is 7. The van der Waals surface area contributed by atoms with Crippen LogP contribution in [0.5, 0.6) is 0 Å². The number of carbonyl (C=O) groups is 1. The first kappa shape index (κ1) is 23.1. The minimum atomic E-state index is -0.618. The van der Waals surface area contributed by atoms with Gasteiger partial charge in [-0.3, -0.25) is 9.36 Å². The van der Waals surface area contributed by atoms with Crippen LogP contribution in [0.25, 0.3) is 5.82 Å². The zero-order valence-electron chi connectivity index (χ0n) is 18.1. The van der Waals surface area contributed by atoms with Crippen molar-refractivity contribution >= 4 is 23.5 Å². The molecule has 174 valence electrons. The van der Waals surface area contributed by atoms with Crippen molar-refractivity contribution in [3.05, 3.63) is 64.6 Å². The fraction of sp³-hybridized carbons (Fsp3) is 0.364.